The van der Waals surface area contributed by atoms with Crippen molar-refractivity contribution in [3.05, 3.63) is 12.2 Å². The van der Waals surface area contributed by atoms with Gasteiger partial charge in [-0.15, -0.1) is 0 Å². The molecule has 0 aromatic carbocycles. The number of hydrogen-bond acceptors (Lipinski definition) is 1. The first-order chi connectivity index (χ1) is 6.60. The van der Waals surface area contributed by atoms with Gasteiger partial charge in [0, 0.05) is 20.9 Å². The second kappa shape index (κ2) is 5.64. The second-order valence-electron chi connectivity index (χ2n) is 6.72. The minimum atomic E-state index is -0.974. The molecule has 0 rings (SSSR count). The summed E-state index contributed by atoms with van der Waals surface area (Å²) < 4.78 is 0. The largest absolute Gasteiger partial charge is 0.299 e. The Kier molecular flexibility index (Phi) is 5.50. The van der Waals surface area contributed by atoms with Crippen molar-refractivity contribution in [2.45, 2.75) is 59.3 Å². The molecule has 0 amide bonds. The van der Waals surface area contributed by atoms with Crippen molar-refractivity contribution in [2.24, 2.45) is 5.41 Å². The van der Waals surface area contributed by atoms with Crippen LogP contribution < -0.4 is 0 Å². The van der Waals surface area contributed by atoms with Gasteiger partial charge in [-0.1, -0.05) is 52.6 Å². The third-order valence-corrected chi connectivity index (χ3v) is 3.43. The quantitative estimate of drug-likeness (QED) is 0.505. The summed E-state index contributed by atoms with van der Waals surface area (Å²) >= 11 is 0. The highest BCUT2D eigenvalue weighted by atomic mass is 28.3. The highest BCUT2D eigenvalue weighted by Crippen LogP contribution is 2.19. The average Bonchev–Trinajstić information content (AvgIpc) is 1.92. The van der Waals surface area contributed by atoms with Crippen molar-refractivity contribution in [2.75, 3.05) is 0 Å². The molecular formula is C13H26OSi. The summed E-state index contributed by atoms with van der Waals surface area (Å²) in [6.45, 7) is 13.3. The third-order valence-electron chi connectivity index (χ3n) is 1.97. The molecule has 0 N–H and O–H groups in total. The van der Waals surface area contributed by atoms with Gasteiger partial charge < -0.3 is 0 Å². The molecule has 1 nitrogen and oxygen atoms in total. The molecule has 0 aromatic rings. The molecule has 0 saturated heterocycles. The number of ketones is 1. The van der Waals surface area contributed by atoms with Crippen LogP contribution in [0.15, 0.2) is 12.2 Å². The van der Waals surface area contributed by atoms with E-state index < -0.39 is 8.07 Å². The van der Waals surface area contributed by atoms with Gasteiger partial charge in [-0.3, -0.25) is 4.79 Å². The van der Waals surface area contributed by atoms with Crippen LogP contribution in [0.4, 0.5) is 0 Å². The summed E-state index contributed by atoms with van der Waals surface area (Å²) in [5, 5.41) is 0. The van der Waals surface area contributed by atoms with E-state index in [-0.39, 0.29) is 5.41 Å². The summed E-state index contributed by atoms with van der Waals surface area (Å²) in [4.78, 5) is 11.5. The first kappa shape index (κ1) is 14.6. The van der Waals surface area contributed by atoms with Gasteiger partial charge >= 0.3 is 0 Å². The first-order valence-corrected chi connectivity index (χ1v) is 9.48. The van der Waals surface area contributed by atoms with Crippen molar-refractivity contribution in [3.8, 4) is 0 Å². The predicted octanol–water partition coefficient (Wildman–Crippen LogP) is 4.28. The number of Topliss-reactive ketones (excluding diaryl/α,β-unsaturated/α-hetero) is 1. The maximum absolute atomic E-state index is 11.5. The minimum Gasteiger partial charge on any atom is -0.299 e. The van der Waals surface area contributed by atoms with E-state index in [0.29, 0.717) is 18.6 Å². The molecule has 0 aliphatic rings. The summed E-state index contributed by atoms with van der Waals surface area (Å²) in [7, 11) is -0.974. The van der Waals surface area contributed by atoms with E-state index >= 15 is 0 Å². The molecular weight excluding hydrogens is 200 g/mol. The predicted molar refractivity (Wildman–Crippen MR) is 71.0 cm³/mol. The van der Waals surface area contributed by atoms with E-state index in [2.05, 4.69) is 46.5 Å². The van der Waals surface area contributed by atoms with Crippen LogP contribution in [-0.4, -0.2) is 13.9 Å². The monoisotopic (exact) mass is 226 g/mol. The van der Waals surface area contributed by atoms with Crippen molar-refractivity contribution in [3.63, 3.8) is 0 Å². The van der Waals surface area contributed by atoms with Gasteiger partial charge in [-0.05, 0) is 11.5 Å². The van der Waals surface area contributed by atoms with Crippen molar-refractivity contribution in [1.82, 2.24) is 0 Å². The Labute approximate surface area is 96.0 Å². The maximum atomic E-state index is 11.5. The molecule has 0 aliphatic carbocycles. The van der Waals surface area contributed by atoms with Gasteiger partial charge in [0.1, 0.15) is 5.78 Å². The van der Waals surface area contributed by atoms with E-state index in [1.165, 1.54) is 6.04 Å². The lowest BCUT2D eigenvalue weighted by molar-refractivity contribution is -0.119. The minimum absolute atomic E-state index is 0.129. The normalized spacial score (nSPS) is 13.5. The highest BCUT2D eigenvalue weighted by molar-refractivity contribution is 6.76. The number of carbonyl (C=O) groups excluding carboxylic acids is 1. The van der Waals surface area contributed by atoms with Crippen LogP contribution in [-0.2, 0) is 4.79 Å². The third kappa shape index (κ3) is 11.6. The topological polar surface area (TPSA) is 17.1 Å². The smallest absolute Gasteiger partial charge is 0.137 e. The molecule has 2 heteroatoms. The first-order valence-electron chi connectivity index (χ1n) is 5.77. The summed E-state index contributed by atoms with van der Waals surface area (Å²) in [5.41, 5.74) is 0.129. The van der Waals surface area contributed by atoms with Gasteiger partial charge in [0.2, 0.25) is 0 Å². The van der Waals surface area contributed by atoms with Crippen LogP contribution in [0.3, 0.4) is 0 Å². The Morgan fingerprint density at radius 3 is 2.07 bits per heavy atom. The SMILES string of the molecule is CC(C)(C)CC(=O)C/C=C/C[Si](C)(C)C. The lowest BCUT2D eigenvalue weighted by Gasteiger charge is -2.16. The fourth-order valence-corrected chi connectivity index (χ4v) is 2.19. The molecule has 0 aliphatic heterocycles. The van der Waals surface area contributed by atoms with Gasteiger partial charge in [0.25, 0.3) is 0 Å². The molecule has 0 saturated carbocycles. The molecule has 0 spiro atoms. The van der Waals surface area contributed by atoms with E-state index in [1.54, 1.807) is 0 Å². The van der Waals surface area contributed by atoms with Gasteiger partial charge in [0.15, 0.2) is 0 Å². The summed E-state index contributed by atoms with van der Waals surface area (Å²) in [6.07, 6.45) is 5.53. The van der Waals surface area contributed by atoms with Gasteiger partial charge in [-0.2, -0.15) is 0 Å². The fraction of sp³-hybridized carbons (Fsp3) is 0.769. The molecule has 15 heavy (non-hydrogen) atoms. The lowest BCUT2D eigenvalue weighted by atomic mass is 9.89. The zero-order valence-electron chi connectivity index (χ0n) is 11.2. The van der Waals surface area contributed by atoms with Crippen LogP contribution >= 0.6 is 0 Å². The molecule has 0 radical (unpaired) electrons. The Morgan fingerprint density at radius 2 is 1.67 bits per heavy atom. The Hall–Kier alpha value is -0.373. The molecule has 0 aromatic heterocycles. The Balaban J connectivity index is 3.82. The van der Waals surface area contributed by atoms with Crippen LogP contribution in [0.1, 0.15) is 33.6 Å². The van der Waals surface area contributed by atoms with Gasteiger partial charge in [0.05, 0.1) is 0 Å². The number of rotatable bonds is 5. The van der Waals surface area contributed by atoms with E-state index in [9.17, 15) is 4.79 Å². The Morgan fingerprint density at radius 1 is 1.13 bits per heavy atom. The van der Waals surface area contributed by atoms with Gasteiger partial charge in [-0.25, -0.2) is 0 Å². The average molecular weight is 226 g/mol. The standard InChI is InChI=1S/C13H26OSi/c1-13(2,3)11-12(14)9-7-8-10-15(4,5)6/h7-8H,9-11H2,1-6H3/b8-7+. The molecule has 0 fully saturated rings. The zero-order valence-corrected chi connectivity index (χ0v) is 12.2. The number of hydrogen-bond donors (Lipinski definition) is 0. The van der Waals surface area contributed by atoms with Crippen LogP contribution in [0.25, 0.3) is 0 Å². The zero-order chi connectivity index (χ0) is 12.1. The molecule has 0 bridgehead atoms. The fourth-order valence-electron chi connectivity index (χ4n) is 1.32. The molecule has 0 heterocycles. The molecule has 0 atom stereocenters. The number of allylic oxidation sites excluding steroid dienone is 2. The highest BCUT2D eigenvalue weighted by Gasteiger charge is 2.14. The molecule has 88 valence electrons. The van der Waals surface area contributed by atoms with Crippen molar-refractivity contribution >= 4 is 13.9 Å². The van der Waals surface area contributed by atoms with E-state index in [1.807, 2.05) is 6.08 Å². The van der Waals surface area contributed by atoms with Crippen LogP contribution in [0.2, 0.25) is 25.7 Å². The van der Waals surface area contributed by atoms with E-state index in [4.69, 9.17) is 0 Å². The second-order valence-corrected chi connectivity index (χ2v) is 12.2. The summed E-state index contributed by atoms with van der Waals surface area (Å²) in [5.74, 6) is 0.356. The molecule has 0 unspecified atom stereocenters. The number of carbonyl (C=O) groups is 1. The van der Waals surface area contributed by atoms with E-state index in [0.717, 1.165) is 0 Å². The lowest BCUT2D eigenvalue weighted by Crippen LogP contribution is -2.17. The maximum Gasteiger partial charge on any atom is 0.137 e. The Bertz CT molecular complexity index is 228. The van der Waals surface area contributed by atoms with Crippen molar-refractivity contribution in [1.29, 1.82) is 0 Å². The van der Waals surface area contributed by atoms with Crippen molar-refractivity contribution < 1.29 is 4.79 Å². The van der Waals surface area contributed by atoms with Crippen LogP contribution in [0, 0.1) is 5.41 Å². The van der Waals surface area contributed by atoms with Crippen LogP contribution in [0.5, 0.6) is 0 Å². The summed E-state index contributed by atoms with van der Waals surface area (Å²) in [6, 6.07) is 1.18.